The Labute approximate surface area is 104 Å². The lowest BCUT2D eigenvalue weighted by Crippen LogP contribution is -2.21. The Morgan fingerprint density at radius 3 is 2.35 bits per heavy atom. The van der Waals surface area contributed by atoms with E-state index in [4.69, 9.17) is 5.73 Å². The fraction of sp³-hybridized carbons (Fsp3) is 0.533. The highest BCUT2D eigenvalue weighted by Gasteiger charge is 2.18. The maximum Gasteiger partial charge on any atom is 0.0972 e. The Kier molecular flexibility index (Phi) is 4.18. The largest absolute Gasteiger partial charge is 0.387 e. The van der Waals surface area contributed by atoms with Crippen molar-refractivity contribution in [1.29, 1.82) is 0 Å². The third-order valence-corrected chi connectivity index (χ3v) is 3.65. The zero-order valence-corrected chi connectivity index (χ0v) is 10.7. The van der Waals surface area contributed by atoms with Gasteiger partial charge in [0.25, 0.3) is 0 Å². The molecule has 0 bridgehead atoms. The monoisotopic (exact) mass is 230 g/mol. The van der Waals surface area contributed by atoms with Crippen molar-refractivity contribution in [2.24, 2.45) is 16.6 Å². The first-order valence-corrected chi connectivity index (χ1v) is 6.67. The third kappa shape index (κ3) is 3.32. The smallest absolute Gasteiger partial charge is 0.0972 e. The number of benzene rings is 1. The summed E-state index contributed by atoms with van der Waals surface area (Å²) in [7, 11) is 0. The lowest BCUT2D eigenvalue weighted by Gasteiger charge is -2.08. The number of nitrogens with zero attached hydrogens (tertiary/aromatic N) is 1. The molecule has 2 nitrogen and oxygen atoms in total. The van der Waals surface area contributed by atoms with Crippen LogP contribution in [0.25, 0.3) is 0 Å². The van der Waals surface area contributed by atoms with Crippen LogP contribution in [0.15, 0.2) is 29.3 Å². The average Bonchev–Trinajstić information content (AvgIpc) is 2.90. The minimum Gasteiger partial charge on any atom is -0.387 e. The summed E-state index contributed by atoms with van der Waals surface area (Å²) < 4.78 is 0. The fourth-order valence-corrected chi connectivity index (χ4v) is 2.41. The summed E-state index contributed by atoms with van der Waals surface area (Å²) in [4.78, 5) is 4.53. The molecule has 0 radical (unpaired) electrons. The first-order chi connectivity index (χ1) is 8.29. The molecule has 0 spiro atoms. The van der Waals surface area contributed by atoms with Crippen molar-refractivity contribution in [2.75, 3.05) is 0 Å². The topological polar surface area (TPSA) is 38.4 Å². The Balaban J connectivity index is 1.93. The van der Waals surface area contributed by atoms with Gasteiger partial charge in [-0.05, 0) is 30.4 Å². The molecule has 2 heteroatoms. The summed E-state index contributed by atoms with van der Waals surface area (Å²) in [5.41, 5.74) is 8.66. The molecule has 92 valence electrons. The van der Waals surface area contributed by atoms with Crippen molar-refractivity contribution in [3.63, 3.8) is 0 Å². The molecule has 0 atom stereocenters. The number of aliphatic imine (C=N–C) groups is 1. The Hall–Kier alpha value is -1.31. The van der Waals surface area contributed by atoms with E-state index >= 15 is 0 Å². The van der Waals surface area contributed by atoms with Gasteiger partial charge in [0.15, 0.2) is 0 Å². The Bertz CT molecular complexity index is 372. The van der Waals surface area contributed by atoms with Crippen LogP contribution in [-0.2, 0) is 13.0 Å². The summed E-state index contributed by atoms with van der Waals surface area (Å²) in [6, 6.07) is 8.67. The minimum absolute atomic E-state index is 0.546. The molecule has 0 unspecified atom stereocenters. The van der Waals surface area contributed by atoms with Gasteiger partial charge in [-0.3, -0.25) is 4.99 Å². The summed E-state index contributed by atoms with van der Waals surface area (Å²) in [5, 5.41) is 0. The highest BCUT2D eigenvalue weighted by molar-refractivity contribution is 5.83. The summed E-state index contributed by atoms with van der Waals surface area (Å²) in [6.45, 7) is 2.90. The summed E-state index contributed by atoms with van der Waals surface area (Å²) in [5.74, 6) is 1.41. The van der Waals surface area contributed by atoms with E-state index in [0.29, 0.717) is 5.92 Å². The van der Waals surface area contributed by atoms with Crippen LogP contribution in [0.4, 0.5) is 0 Å². The van der Waals surface area contributed by atoms with Gasteiger partial charge in [0.1, 0.15) is 0 Å². The van der Waals surface area contributed by atoms with E-state index in [-0.39, 0.29) is 0 Å². The van der Waals surface area contributed by atoms with Crippen LogP contribution in [-0.4, -0.2) is 5.84 Å². The van der Waals surface area contributed by atoms with Gasteiger partial charge in [0, 0.05) is 5.92 Å². The normalized spacial score (nSPS) is 17.6. The van der Waals surface area contributed by atoms with Crippen LogP contribution in [0.2, 0.25) is 0 Å². The molecule has 0 saturated heterocycles. The van der Waals surface area contributed by atoms with E-state index in [1.165, 1.54) is 36.8 Å². The number of amidine groups is 1. The molecule has 0 aliphatic heterocycles. The van der Waals surface area contributed by atoms with Gasteiger partial charge in [-0.1, -0.05) is 44.0 Å². The summed E-state index contributed by atoms with van der Waals surface area (Å²) in [6.07, 6.45) is 6.17. The van der Waals surface area contributed by atoms with Crippen molar-refractivity contribution in [3.8, 4) is 0 Å². The van der Waals surface area contributed by atoms with Gasteiger partial charge < -0.3 is 5.73 Å². The van der Waals surface area contributed by atoms with Gasteiger partial charge in [0.2, 0.25) is 0 Å². The zero-order valence-electron chi connectivity index (χ0n) is 10.7. The molecule has 2 N–H and O–H groups in total. The van der Waals surface area contributed by atoms with E-state index in [0.717, 1.165) is 18.8 Å². The lowest BCUT2D eigenvalue weighted by atomic mass is 10.1. The molecule has 1 saturated carbocycles. The van der Waals surface area contributed by atoms with Gasteiger partial charge in [-0.25, -0.2) is 0 Å². The second-order valence-corrected chi connectivity index (χ2v) is 4.89. The molecule has 1 fully saturated rings. The molecule has 0 heterocycles. The van der Waals surface area contributed by atoms with Crippen LogP contribution in [0, 0.1) is 5.92 Å². The molecule has 1 aromatic rings. The van der Waals surface area contributed by atoms with Crippen LogP contribution < -0.4 is 5.73 Å². The second-order valence-electron chi connectivity index (χ2n) is 4.89. The maximum absolute atomic E-state index is 6.03. The van der Waals surface area contributed by atoms with E-state index in [1.54, 1.807) is 0 Å². The Morgan fingerprint density at radius 2 is 1.76 bits per heavy atom. The second kappa shape index (κ2) is 5.85. The van der Waals surface area contributed by atoms with E-state index in [9.17, 15) is 0 Å². The fourth-order valence-electron chi connectivity index (χ4n) is 2.41. The molecule has 1 aromatic carbocycles. The van der Waals surface area contributed by atoms with Gasteiger partial charge in [-0.2, -0.15) is 0 Å². The Morgan fingerprint density at radius 1 is 1.18 bits per heavy atom. The van der Waals surface area contributed by atoms with Crippen molar-refractivity contribution in [3.05, 3.63) is 35.4 Å². The highest BCUT2D eigenvalue weighted by Crippen LogP contribution is 2.24. The van der Waals surface area contributed by atoms with Crippen LogP contribution in [0.3, 0.4) is 0 Å². The SMILES string of the molecule is CCc1ccc(CN=C(N)C2CCCC2)cc1. The van der Waals surface area contributed by atoms with Gasteiger partial charge in [0.05, 0.1) is 12.4 Å². The van der Waals surface area contributed by atoms with E-state index in [2.05, 4.69) is 36.2 Å². The van der Waals surface area contributed by atoms with Crippen LogP contribution in [0.5, 0.6) is 0 Å². The van der Waals surface area contributed by atoms with E-state index < -0.39 is 0 Å². The van der Waals surface area contributed by atoms with Crippen molar-refractivity contribution >= 4 is 5.84 Å². The number of rotatable bonds is 4. The summed E-state index contributed by atoms with van der Waals surface area (Å²) >= 11 is 0. The minimum atomic E-state index is 0.546. The van der Waals surface area contributed by atoms with Crippen molar-refractivity contribution in [2.45, 2.75) is 45.6 Å². The number of hydrogen-bond donors (Lipinski definition) is 1. The molecule has 0 aromatic heterocycles. The average molecular weight is 230 g/mol. The number of hydrogen-bond acceptors (Lipinski definition) is 1. The predicted octanol–water partition coefficient (Wildman–Crippen LogP) is 3.30. The molecule has 0 amide bonds. The molecule has 1 aliphatic rings. The first kappa shape index (κ1) is 12.2. The predicted molar refractivity (Wildman–Crippen MR) is 73.1 cm³/mol. The molecular formula is C15H22N2. The quantitative estimate of drug-likeness (QED) is 0.625. The van der Waals surface area contributed by atoms with Crippen LogP contribution >= 0.6 is 0 Å². The zero-order chi connectivity index (χ0) is 12.1. The maximum atomic E-state index is 6.03. The third-order valence-electron chi connectivity index (χ3n) is 3.65. The van der Waals surface area contributed by atoms with Crippen molar-refractivity contribution < 1.29 is 0 Å². The lowest BCUT2D eigenvalue weighted by molar-refractivity contribution is 0.715. The molecular weight excluding hydrogens is 208 g/mol. The first-order valence-electron chi connectivity index (χ1n) is 6.67. The number of aryl methyl sites for hydroxylation is 1. The van der Waals surface area contributed by atoms with Crippen molar-refractivity contribution in [1.82, 2.24) is 0 Å². The van der Waals surface area contributed by atoms with Gasteiger partial charge in [-0.15, -0.1) is 0 Å². The van der Waals surface area contributed by atoms with E-state index in [1.807, 2.05) is 0 Å². The highest BCUT2D eigenvalue weighted by atomic mass is 14.9. The molecule has 17 heavy (non-hydrogen) atoms. The van der Waals surface area contributed by atoms with Gasteiger partial charge >= 0.3 is 0 Å². The molecule has 1 aliphatic carbocycles. The molecule has 2 rings (SSSR count). The number of nitrogens with two attached hydrogens (primary N) is 1. The van der Waals surface area contributed by atoms with Crippen LogP contribution in [0.1, 0.15) is 43.7 Å². The standard InChI is InChI=1S/C15H22N2/c1-2-12-7-9-13(10-8-12)11-17-15(16)14-5-3-4-6-14/h7-10,14H,2-6,11H2,1H3,(H2,16,17).